The highest BCUT2D eigenvalue weighted by Gasteiger charge is 2.51. The van der Waals surface area contributed by atoms with Crippen LogP contribution in [0.2, 0.25) is 5.04 Å². The Bertz CT molecular complexity index is 625. The first-order chi connectivity index (χ1) is 11.9. The lowest BCUT2D eigenvalue weighted by atomic mass is 10.2. The van der Waals surface area contributed by atoms with Crippen molar-refractivity contribution in [2.45, 2.75) is 38.0 Å². The first kappa shape index (κ1) is 19.6. The molecule has 0 saturated heterocycles. The Labute approximate surface area is 151 Å². The van der Waals surface area contributed by atoms with Gasteiger partial charge in [-0.15, -0.1) is 6.58 Å². The molecule has 2 aromatic carbocycles. The largest absolute Gasteiger partial charge is 0.398 e. The van der Waals surface area contributed by atoms with Crippen molar-refractivity contribution in [1.82, 2.24) is 0 Å². The van der Waals surface area contributed by atoms with Crippen LogP contribution in [0.1, 0.15) is 20.8 Å². The fourth-order valence-electron chi connectivity index (χ4n) is 3.28. The van der Waals surface area contributed by atoms with Gasteiger partial charge in [-0.1, -0.05) is 87.5 Å². The van der Waals surface area contributed by atoms with Gasteiger partial charge in [0, 0.05) is 0 Å². The van der Waals surface area contributed by atoms with Gasteiger partial charge >= 0.3 is 0 Å². The lowest BCUT2D eigenvalue weighted by molar-refractivity contribution is 0.0169. The summed E-state index contributed by atoms with van der Waals surface area (Å²) in [5.41, 5.74) is 0. The average Bonchev–Trinajstić information content (AvgIpc) is 2.62. The van der Waals surface area contributed by atoms with Gasteiger partial charge in [-0.3, -0.25) is 0 Å². The minimum Gasteiger partial charge on any atom is -0.398 e. The molecule has 0 heterocycles. The zero-order chi connectivity index (χ0) is 18.5. The first-order valence-electron chi connectivity index (χ1n) is 8.57. The number of rotatable bonds is 7. The van der Waals surface area contributed by atoms with Crippen LogP contribution >= 0.6 is 0 Å². The van der Waals surface area contributed by atoms with E-state index in [1.807, 2.05) is 36.4 Å². The highest BCUT2D eigenvalue weighted by atomic mass is 28.4. The van der Waals surface area contributed by atoms with Gasteiger partial charge in [-0.25, -0.2) is 0 Å². The van der Waals surface area contributed by atoms with E-state index in [-0.39, 0.29) is 11.6 Å². The topological polar surface area (TPSA) is 49.7 Å². The van der Waals surface area contributed by atoms with E-state index in [4.69, 9.17) is 4.43 Å². The molecule has 0 aliphatic heterocycles. The monoisotopic (exact) mass is 356 g/mol. The molecule has 2 atom stereocenters. The van der Waals surface area contributed by atoms with Crippen LogP contribution < -0.4 is 10.4 Å². The van der Waals surface area contributed by atoms with Crippen molar-refractivity contribution < 1.29 is 14.6 Å². The average molecular weight is 357 g/mol. The fourth-order valence-corrected chi connectivity index (χ4v) is 7.96. The predicted molar refractivity (Wildman–Crippen MR) is 106 cm³/mol. The Hall–Kier alpha value is -1.72. The molecule has 0 aliphatic carbocycles. The summed E-state index contributed by atoms with van der Waals surface area (Å²) in [6, 6.07) is 20.4. The van der Waals surface area contributed by atoms with Gasteiger partial charge in [-0.2, -0.15) is 0 Å². The van der Waals surface area contributed by atoms with Gasteiger partial charge < -0.3 is 14.6 Å². The smallest absolute Gasteiger partial charge is 0.262 e. The minimum atomic E-state index is -2.75. The van der Waals surface area contributed by atoms with Gasteiger partial charge in [0.25, 0.3) is 8.32 Å². The molecular formula is C21H28O3Si. The van der Waals surface area contributed by atoms with Crippen LogP contribution in [0.4, 0.5) is 0 Å². The molecule has 2 N–H and O–H groups in total. The van der Waals surface area contributed by atoms with Crippen molar-refractivity contribution in [2.24, 2.45) is 0 Å². The maximum absolute atomic E-state index is 10.2. The molecule has 2 rings (SSSR count). The van der Waals surface area contributed by atoms with Crippen LogP contribution in [0.15, 0.2) is 73.3 Å². The Morgan fingerprint density at radius 2 is 1.44 bits per heavy atom. The maximum atomic E-state index is 10.2. The Morgan fingerprint density at radius 3 is 1.76 bits per heavy atom. The van der Waals surface area contributed by atoms with Gasteiger partial charge in [0.05, 0.1) is 12.7 Å². The molecule has 0 spiro atoms. The SMILES string of the molecule is C=CC(O[Si](c1ccccc1)(c1ccccc1)C(C)(C)C)C(O)CO. The molecule has 0 fully saturated rings. The lowest BCUT2D eigenvalue weighted by Gasteiger charge is -2.45. The lowest BCUT2D eigenvalue weighted by Crippen LogP contribution is -2.68. The van der Waals surface area contributed by atoms with Gasteiger partial charge in [0.1, 0.15) is 6.10 Å². The molecule has 0 radical (unpaired) electrons. The quantitative estimate of drug-likeness (QED) is 0.592. The minimum absolute atomic E-state index is 0.188. The van der Waals surface area contributed by atoms with Crippen molar-refractivity contribution in [1.29, 1.82) is 0 Å². The Morgan fingerprint density at radius 1 is 1.00 bits per heavy atom. The number of hydrogen-bond acceptors (Lipinski definition) is 3. The van der Waals surface area contributed by atoms with Gasteiger partial charge in [0.15, 0.2) is 0 Å². The molecule has 3 nitrogen and oxygen atoms in total. The van der Waals surface area contributed by atoms with Gasteiger partial charge in [0.2, 0.25) is 0 Å². The third-order valence-corrected chi connectivity index (χ3v) is 9.56. The van der Waals surface area contributed by atoms with Crippen molar-refractivity contribution in [3.63, 3.8) is 0 Å². The molecule has 4 heteroatoms. The third kappa shape index (κ3) is 3.93. The van der Waals surface area contributed by atoms with E-state index >= 15 is 0 Å². The van der Waals surface area contributed by atoms with Crippen molar-refractivity contribution in [2.75, 3.05) is 6.61 Å². The van der Waals surface area contributed by atoms with E-state index in [1.165, 1.54) is 0 Å². The van der Waals surface area contributed by atoms with E-state index in [9.17, 15) is 10.2 Å². The summed E-state index contributed by atoms with van der Waals surface area (Å²) in [4.78, 5) is 0. The van der Waals surface area contributed by atoms with Crippen LogP contribution in [0.3, 0.4) is 0 Å². The second-order valence-corrected chi connectivity index (χ2v) is 11.5. The van der Waals surface area contributed by atoms with Gasteiger partial charge in [-0.05, 0) is 15.4 Å². The summed E-state index contributed by atoms with van der Waals surface area (Å²) in [6.45, 7) is 9.96. The standard InChI is InChI=1S/C21H28O3Si/c1-5-20(19(23)16-22)24-25(21(2,3)4,17-12-8-6-9-13-17)18-14-10-7-11-15-18/h5-15,19-20,22-23H,1,16H2,2-4H3. The van der Waals surface area contributed by atoms with Crippen LogP contribution in [0, 0.1) is 0 Å². The second kappa shape index (κ2) is 8.10. The van der Waals surface area contributed by atoms with Crippen LogP contribution in [0.25, 0.3) is 0 Å². The molecule has 2 unspecified atom stereocenters. The fraction of sp³-hybridized carbons (Fsp3) is 0.333. The summed E-state index contributed by atoms with van der Waals surface area (Å²) >= 11 is 0. The number of hydrogen-bond donors (Lipinski definition) is 2. The molecule has 0 aromatic heterocycles. The molecule has 0 bridgehead atoms. The third-order valence-electron chi connectivity index (χ3n) is 4.53. The number of aliphatic hydroxyl groups is 2. The van der Waals surface area contributed by atoms with E-state index in [0.717, 1.165) is 10.4 Å². The van der Waals surface area contributed by atoms with E-state index in [1.54, 1.807) is 6.08 Å². The first-order valence-corrected chi connectivity index (χ1v) is 10.5. The van der Waals surface area contributed by atoms with Crippen LogP contribution in [0.5, 0.6) is 0 Å². The zero-order valence-electron chi connectivity index (χ0n) is 15.2. The molecule has 25 heavy (non-hydrogen) atoms. The van der Waals surface area contributed by atoms with Crippen LogP contribution in [-0.4, -0.2) is 37.3 Å². The highest BCUT2D eigenvalue weighted by Crippen LogP contribution is 2.37. The molecule has 0 amide bonds. The molecule has 0 aliphatic rings. The van der Waals surface area contributed by atoms with Crippen molar-refractivity contribution in [3.05, 3.63) is 73.3 Å². The predicted octanol–water partition coefficient (Wildman–Crippen LogP) is 2.47. The Balaban J connectivity index is 2.70. The van der Waals surface area contributed by atoms with E-state index in [2.05, 4.69) is 51.6 Å². The summed E-state index contributed by atoms with van der Waals surface area (Å²) < 4.78 is 6.69. The molecular weight excluding hydrogens is 328 g/mol. The molecule has 0 saturated carbocycles. The molecule has 2 aromatic rings. The normalized spacial score (nSPS) is 14.8. The van der Waals surface area contributed by atoms with Crippen molar-refractivity contribution in [3.8, 4) is 0 Å². The molecule has 134 valence electrons. The zero-order valence-corrected chi connectivity index (χ0v) is 16.2. The second-order valence-electron chi connectivity index (χ2n) is 7.23. The number of benzene rings is 2. The number of aliphatic hydroxyl groups excluding tert-OH is 2. The summed E-state index contributed by atoms with van der Waals surface area (Å²) in [5.74, 6) is 0. The van der Waals surface area contributed by atoms with E-state index in [0.29, 0.717) is 0 Å². The summed E-state index contributed by atoms with van der Waals surface area (Å²) in [6.07, 6.45) is -0.0595. The van der Waals surface area contributed by atoms with Crippen LogP contribution in [-0.2, 0) is 4.43 Å². The van der Waals surface area contributed by atoms with E-state index < -0.39 is 20.5 Å². The summed E-state index contributed by atoms with van der Waals surface area (Å²) in [5, 5.41) is 21.7. The Kier molecular flexibility index (Phi) is 6.35. The maximum Gasteiger partial charge on any atom is 0.262 e. The summed E-state index contributed by atoms with van der Waals surface area (Å²) in [7, 11) is -2.75. The van der Waals surface area contributed by atoms with Crippen molar-refractivity contribution >= 4 is 18.7 Å². The highest BCUT2D eigenvalue weighted by molar-refractivity contribution is 6.99.